The van der Waals surface area contributed by atoms with Crippen molar-refractivity contribution in [1.29, 1.82) is 0 Å². The summed E-state index contributed by atoms with van der Waals surface area (Å²) in [5.74, 6) is -1.30. The average Bonchev–Trinajstić information content (AvgIpc) is 2.76. The maximum atomic E-state index is 13.9. The SMILES string of the molecule is Nc1ccc2c(c1)nc(CO)n2-c1c(F)cccc1F. The number of nitrogens with zero attached hydrogens (tertiary/aromatic N) is 2. The molecule has 0 bridgehead atoms. The second kappa shape index (κ2) is 4.57. The van der Waals surface area contributed by atoms with Crippen LogP contribution in [0.5, 0.6) is 0 Å². The van der Waals surface area contributed by atoms with Crippen LogP contribution in [-0.2, 0) is 6.61 Å². The van der Waals surface area contributed by atoms with Crippen molar-refractivity contribution in [3.63, 3.8) is 0 Å². The minimum absolute atomic E-state index is 0.148. The molecule has 1 heterocycles. The van der Waals surface area contributed by atoms with Crippen LogP contribution in [0, 0.1) is 11.6 Å². The number of halogens is 2. The molecule has 2 aromatic carbocycles. The van der Waals surface area contributed by atoms with Crippen LogP contribution in [-0.4, -0.2) is 14.7 Å². The number of imidazole rings is 1. The molecule has 3 aromatic rings. The quantitative estimate of drug-likeness (QED) is 0.706. The summed E-state index contributed by atoms with van der Waals surface area (Å²) in [6, 6.07) is 8.40. The Morgan fingerprint density at radius 2 is 1.85 bits per heavy atom. The van der Waals surface area contributed by atoms with Gasteiger partial charge in [-0.3, -0.25) is 4.57 Å². The molecule has 20 heavy (non-hydrogen) atoms. The van der Waals surface area contributed by atoms with E-state index in [1.165, 1.54) is 10.6 Å². The van der Waals surface area contributed by atoms with Crippen LogP contribution in [0.4, 0.5) is 14.5 Å². The molecular weight excluding hydrogens is 264 g/mol. The van der Waals surface area contributed by atoms with Gasteiger partial charge in [0.05, 0.1) is 11.0 Å². The van der Waals surface area contributed by atoms with Gasteiger partial charge in [0.25, 0.3) is 0 Å². The molecule has 0 aliphatic rings. The zero-order valence-corrected chi connectivity index (χ0v) is 10.3. The number of aliphatic hydroxyl groups excluding tert-OH is 1. The molecule has 3 rings (SSSR count). The van der Waals surface area contributed by atoms with E-state index < -0.39 is 18.2 Å². The molecular formula is C14H11F2N3O. The number of nitrogen functional groups attached to an aromatic ring is 1. The fourth-order valence-corrected chi connectivity index (χ4v) is 2.21. The highest BCUT2D eigenvalue weighted by atomic mass is 19.1. The monoisotopic (exact) mass is 275 g/mol. The zero-order valence-electron chi connectivity index (χ0n) is 10.3. The Morgan fingerprint density at radius 3 is 2.50 bits per heavy atom. The third-order valence-electron chi connectivity index (χ3n) is 3.05. The largest absolute Gasteiger partial charge is 0.399 e. The summed E-state index contributed by atoms with van der Waals surface area (Å²) < 4.78 is 29.1. The van der Waals surface area contributed by atoms with Gasteiger partial charge < -0.3 is 10.8 Å². The Labute approximate surface area is 113 Å². The molecule has 0 saturated carbocycles. The van der Waals surface area contributed by atoms with E-state index in [1.807, 2.05) is 0 Å². The van der Waals surface area contributed by atoms with Crippen molar-refractivity contribution >= 4 is 16.7 Å². The number of hydrogen-bond acceptors (Lipinski definition) is 3. The lowest BCUT2D eigenvalue weighted by Gasteiger charge is -2.10. The molecule has 102 valence electrons. The highest BCUT2D eigenvalue weighted by molar-refractivity contribution is 5.81. The summed E-state index contributed by atoms with van der Waals surface area (Å²) in [7, 11) is 0. The van der Waals surface area contributed by atoms with E-state index in [0.717, 1.165) is 12.1 Å². The molecule has 0 unspecified atom stereocenters. The standard InChI is InChI=1S/C14H11F2N3O/c15-9-2-1-3-10(16)14(9)19-12-5-4-8(17)6-11(12)18-13(19)7-20/h1-6,20H,7,17H2. The number of nitrogens with two attached hydrogens (primary N) is 1. The fraction of sp³-hybridized carbons (Fsp3) is 0.0714. The van der Waals surface area contributed by atoms with Crippen molar-refractivity contribution in [2.45, 2.75) is 6.61 Å². The van der Waals surface area contributed by atoms with Crippen LogP contribution in [0.1, 0.15) is 5.82 Å². The first kappa shape index (κ1) is 12.6. The van der Waals surface area contributed by atoms with E-state index in [-0.39, 0.29) is 11.5 Å². The van der Waals surface area contributed by atoms with Crippen LogP contribution in [0.2, 0.25) is 0 Å². The molecule has 0 radical (unpaired) electrons. The van der Waals surface area contributed by atoms with Crippen LogP contribution < -0.4 is 5.73 Å². The van der Waals surface area contributed by atoms with Gasteiger partial charge >= 0.3 is 0 Å². The smallest absolute Gasteiger partial charge is 0.150 e. The third kappa shape index (κ3) is 1.81. The van der Waals surface area contributed by atoms with E-state index in [1.54, 1.807) is 18.2 Å². The number of benzene rings is 2. The second-order valence-corrected chi connectivity index (χ2v) is 4.34. The van der Waals surface area contributed by atoms with Crippen LogP contribution in [0.25, 0.3) is 16.7 Å². The van der Waals surface area contributed by atoms with Crippen molar-refractivity contribution < 1.29 is 13.9 Å². The maximum Gasteiger partial charge on any atom is 0.150 e. The molecule has 0 atom stereocenters. The van der Waals surface area contributed by atoms with Crippen LogP contribution >= 0.6 is 0 Å². The Kier molecular flexibility index (Phi) is 2.87. The van der Waals surface area contributed by atoms with Gasteiger partial charge in [-0.05, 0) is 30.3 Å². The van der Waals surface area contributed by atoms with Crippen LogP contribution in [0.3, 0.4) is 0 Å². The van der Waals surface area contributed by atoms with Gasteiger partial charge in [0.2, 0.25) is 0 Å². The van der Waals surface area contributed by atoms with Gasteiger partial charge in [-0.25, -0.2) is 13.8 Å². The summed E-state index contributed by atoms with van der Waals surface area (Å²) in [5.41, 5.74) is 6.84. The minimum Gasteiger partial charge on any atom is -0.399 e. The molecule has 4 nitrogen and oxygen atoms in total. The number of aromatic nitrogens is 2. The predicted octanol–water partition coefficient (Wildman–Crippen LogP) is 2.38. The van der Waals surface area contributed by atoms with Crippen LogP contribution in [0.15, 0.2) is 36.4 Å². The predicted molar refractivity (Wildman–Crippen MR) is 71.3 cm³/mol. The number of rotatable bonds is 2. The van der Waals surface area contributed by atoms with Crippen molar-refractivity contribution in [2.24, 2.45) is 0 Å². The molecule has 0 amide bonds. The Bertz CT molecular complexity index is 778. The van der Waals surface area contributed by atoms with Crippen molar-refractivity contribution in [2.75, 3.05) is 5.73 Å². The Hall–Kier alpha value is -2.47. The molecule has 0 aliphatic heterocycles. The van der Waals surface area contributed by atoms with Crippen molar-refractivity contribution in [3.05, 3.63) is 53.9 Å². The summed E-state index contributed by atoms with van der Waals surface area (Å²) in [4.78, 5) is 4.15. The molecule has 6 heteroatoms. The van der Waals surface area contributed by atoms with Gasteiger partial charge in [0.15, 0.2) is 0 Å². The molecule has 0 saturated heterocycles. The topological polar surface area (TPSA) is 64.1 Å². The van der Waals surface area contributed by atoms with Crippen molar-refractivity contribution in [3.8, 4) is 5.69 Å². The zero-order chi connectivity index (χ0) is 14.3. The third-order valence-corrected chi connectivity index (χ3v) is 3.05. The molecule has 3 N–H and O–H groups in total. The first-order chi connectivity index (χ1) is 9.61. The summed E-state index contributed by atoms with van der Waals surface area (Å²) in [6.07, 6.45) is 0. The Morgan fingerprint density at radius 1 is 1.15 bits per heavy atom. The van der Waals surface area contributed by atoms with E-state index in [2.05, 4.69) is 4.98 Å². The molecule has 0 fully saturated rings. The lowest BCUT2D eigenvalue weighted by Crippen LogP contribution is -2.06. The highest BCUT2D eigenvalue weighted by Gasteiger charge is 2.18. The van der Waals surface area contributed by atoms with Gasteiger partial charge in [0.1, 0.15) is 29.8 Å². The lowest BCUT2D eigenvalue weighted by molar-refractivity contribution is 0.269. The number of para-hydroxylation sites is 1. The normalized spacial score (nSPS) is 11.2. The van der Waals surface area contributed by atoms with Crippen molar-refractivity contribution in [1.82, 2.24) is 9.55 Å². The van der Waals surface area contributed by atoms with Gasteiger partial charge in [0, 0.05) is 5.69 Å². The number of aliphatic hydroxyl groups is 1. The maximum absolute atomic E-state index is 13.9. The molecule has 0 spiro atoms. The van der Waals surface area contributed by atoms with E-state index in [4.69, 9.17) is 5.73 Å². The fourth-order valence-electron chi connectivity index (χ4n) is 2.21. The summed E-state index contributed by atoms with van der Waals surface area (Å²) in [5, 5.41) is 9.37. The number of hydrogen-bond donors (Lipinski definition) is 2. The van der Waals surface area contributed by atoms with E-state index in [9.17, 15) is 13.9 Å². The number of anilines is 1. The first-order valence-electron chi connectivity index (χ1n) is 5.94. The highest BCUT2D eigenvalue weighted by Crippen LogP contribution is 2.26. The van der Waals surface area contributed by atoms with Gasteiger partial charge in [-0.1, -0.05) is 6.07 Å². The van der Waals surface area contributed by atoms with Gasteiger partial charge in [-0.2, -0.15) is 0 Å². The lowest BCUT2D eigenvalue weighted by atomic mass is 10.2. The van der Waals surface area contributed by atoms with Gasteiger partial charge in [-0.15, -0.1) is 0 Å². The number of fused-ring (bicyclic) bond motifs is 1. The van der Waals surface area contributed by atoms with E-state index >= 15 is 0 Å². The van der Waals surface area contributed by atoms with E-state index in [0.29, 0.717) is 16.7 Å². The molecule has 0 aliphatic carbocycles. The Balaban J connectivity index is 2.40. The molecule has 1 aromatic heterocycles. The first-order valence-corrected chi connectivity index (χ1v) is 5.94. The minimum atomic E-state index is -0.726. The summed E-state index contributed by atoms with van der Waals surface area (Å²) in [6.45, 7) is -0.442. The summed E-state index contributed by atoms with van der Waals surface area (Å²) >= 11 is 0. The average molecular weight is 275 g/mol. The second-order valence-electron chi connectivity index (χ2n) is 4.34.